The van der Waals surface area contributed by atoms with E-state index in [0.717, 1.165) is 0 Å². The first-order valence-electron chi connectivity index (χ1n) is 6.47. The van der Waals surface area contributed by atoms with E-state index in [9.17, 15) is 17.6 Å². The lowest BCUT2D eigenvalue weighted by molar-refractivity contribution is -0.150. The van der Waals surface area contributed by atoms with Crippen LogP contribution in [0.5, 0.6) is 0 Å². The Kier molecular flexibility index (Phi) is 5.95. The Morgan fingerprint density at radius 3 is 2.25 bits per heavy atom. The van der Waals surface area contributed by atoms with E-state index in [-0.39, 0.29) is 12.6 Å². The molecule has 0 heterocycles. The van der Waals surface area contributed by atoms with Gasteiger partial charge in [-0.25, -0.2) is 4.39 Å². The molecule has 0 aliphatic carbocycles. The number of nitrogens with one attached hydrogen (secondary N) is 1. The van der Waals surface area contributed by atoms with Gasteiger partial charge in [-0.15, -0.1) is 0 Å². The van der Waals surface area contributed by atoms with E-state index in [1.165, 1.54) is 11.0 Å². The molecule has 1 N–H and O–H groups in total. The molecule has 2 nitrogen and oxygen atoms in total. The molecule has 20 heavy (non-hydrogen) atoms. The Hall–Kier alpha value is -1.14. The zero-order valence-corrected chi connectivity index (χ0v) is 11.8. The number of benzene rings is 1. The number of alkyl halides is 3. The monoisotopic (exact) mass is 292 g/mol. The van der Waals surface area contributed by atoms with Crippen molar-refractivity contribution in [3.63, 3.8) is 0 Å². The maximum Gasteiger partial charge on any atom is 0.401 e. The lowest BCUT2D eigenvalue weighted by Crippen LogP contribution is -2.43. The first-order valence-corrected chi connectivity index (χ1v) is 6.47. The maximum atomic E-state index is 13.7. The van der Waals surface area contributed by atoms with Crippen LogP contribution in [0.15, 0.2) is 24.3 Å². The quantitative estimate of drug-likeness (QED) is 0.809. The third kappa shape index (κ3) is 5.09. The third-order valence-electron chi connectivity index (χ3n) is 3.16. The summed E-state index contributed by atoms with van der Waals surface area (Å²) >= 11 is 0. The van der Waals surface area contributed by atoms with Crippen LogP contribution in [-0.4, -0.2) is 37.3 Å². The Morgan fingerprint density at radius 2 is 1.80 bits per heavy atom. The number of halogens is 4. The fourth-order valence-electron chi connectivity index (χ4n) is 2.03. The summed E-state index contributed by atoms with van der Waals surface area (Å²) in [7, 11) is 1.61. The Morgan fingerprint density at radius 1 is 1.20 bits per heavy atom. The summed E-state index contributed by atoms with van der Waals surface area (Å²) in [6, 6.07) is 5.36. The molecule has 6 heteroatoms. The third-order valence-corrected chi connectivity index (χ3v) is 3.16. The van der Waals surface area contributed by atoms with Crippen LogP contribution in [-0.2, 0) is 0 Å². The van der Waals surface area contributed by atoms with Crippen molar-refractivity contribution in [3.05, 3.63) is 35.6 Å². The molecule has 0 fully saturated rings. The second-order valence-corrected chi connectivity index (χ2v) is 5.00. The van der Waals surface area contributed by atoms with Crippen molar-refractivity contribution in [2.75, 3.05) is 20.1 Å². The van der Waals surface area contributed by atoms with Crippen molar-refractivity contribution in [2.24, 2.45) is 0 Å². The second kappa shape index (κ2) is 7.04. The van der Waals surface area contributed by atoms with Crippen molar-refractivity contribution in [2.45, 2.75) is 32.1 Å². The van der Waals surface area contributed by atoms with Crippen LogP contribution in [0.3, 0.4) is 0 Å². The van der Waals surface area contributed by atoms with Gasteiger partial charge in [0.1, 0.15) is 5.82 Å². The van der Waals surface area contributed by atoms with Crippen LogP contribution in [0.4, 0.5) is 17.6 Å². The summed E-state index contributed by atoms with van der Waals surface area (Å²) < 4.78 is 51.4. The molecular formula is C14H20F4N2. The van der Waals surface area contributed by atoms with Crippen LogP contribution < -0.4 is 5.32 Å². The fraction of sp³-hybridized carbons (Fsp3) is 0.571. The van der Waals surface area contributed by atoms with Gasteiger partial charge in [0.25, 0.3) is 0 Å². The summed E-state index contributed by atoms with van der Waals surface area (Å²) in [5.41, 5.74) is 0.378. The molecule has 0 saturated heterocycles. The smallest absolute Gasteiger partial charge is 0.312 e. The molecule has 0 aromatic heterocycles. The van der Waals surface area contributed by atoms with Gasteiger partial charge in [0.05, 0.1) is 6.54 Å². The molecule has 0 saturated carbocycles. The Labute approximate surface area is 116 Å². The van der Waals surface area contributed by atoms with Crippen molar-refractivity contribution in [1.29, 1.82) is 0 Å². The van der Waals surface area contributed by atoms with Gasteiger partial charge in [-0.05, 0) is 27.0 Å². The van der Waals surface area contributed by atoms with E-state index in [1.807, 2.05) is 0 Å². The highest BCUT2D eigenvalue weighted by Crippen LogP contribution is 2.22. The normalized spacial score (nSPS) is 14.1. The molecule has 0 aliphatic rings. The molecule has 1 aromatic rings. The molecular weight excluding hydrogens is 272 g/mol. The van der Waals surface area contributed by atoms with Crippen LogP contribution in [0, 0.1) is 5.82 Å². The molecule has 0 amide bonds. The van der Waals surface area contributed by atoms with E-state index in [0.29, 0.717) is 5.56 Å². The number of likely N-dealkylation sites (N-methyl/N-ethyl adjacent to an activating group) is 1. The van der Waals surface area contributed by atoms with Gasteiger partial charge in [-0.2, -0.15) is 13.2 Å². The van der Waals surface area contributed by atoms with Gasteiger partial charge in [0, 0.05) is 24.2 Å². The van der Waals surface area contributed by atoms with Gasteiger partial charge < -0.3 is 5.32 Å². The van der Waals surface area contributed by atoms with Crippen molar-refractivity contribution < 1.29 is 17.6 Å². The summed E-state index contributed by atoms with van der Waals surface area (Å²) in [6.45, 7) is 2.48. The SMILES string of the molecule is CNC(CN(CC(F)(F)F)C(C)C)c1ccccc1F. The molecule has 0 spiro atoms. The molecule has 0 aliphatic heterocycles. The zero-order valence-electron chi connectivity index (χ0n) is 11.8. The van der Waals surface area contributed by atoms with Crippen molar-refractivity contribution >= 4 is 0 Å². The predicted octanol–water partition coefficient (Wildman–Crippen LogP) is 3.36. The average molecular weight is 292 g/mol. The van der Waals surface area contributed by atoms with Gasteiger partial charge in [0.15, 0.2) is 0 Å². The van der Waals surface area contributed by atoms with E-state index in [1.54, 1.807) is 39.1 Å². The molecule has 1 unspecified atom stereocenters. The van der Waals surface area contributed by atoms with Gasteiger partial charge in [0.2, 0.25) is 0 Å². The highest BCUT2D eigenvalue weighted by atomic mass is 19.4. The highest BCUT2D eigenvalue weighted by Gasteiger charge is 2.33. The maximum absolute atomic E-state index is 13.7. The lowest BCUT2D eigenvalue weighted by Gasteiger charge is -2.31. The summed E-state index contributed by atoms with van der Waals surface area (Å²) in [6.07, 6.45) is -4.27. The second-order valence-electron chi connectivity index (χ2n) is 5.00. The lowest BCUT2D eigenvalue weighted by atomic mass is 10.1. The number of rotatable bonds is 6. The van der Waals surface area contributed by atoms with E-state index < -0.39 is 24.6 Å². The predicted molar refractivity (Wildman–Crippen MR) is 71.0 cm³/mol. The summed E-state index contributed by atoms with van der Waals surface area (Å²) in [5, 5.41) is 2.88. The van der Waals surface area contributed by atoms with Crippen LogP contribution in [0.1, 0.15) is 25.5 Å². The molecule has 1 rings (SSSR count). The van der Waals surface area contributed by atoms with Gasteiger partial charge in [-0.1, -0.05) is 18.2 Å². The van der Waals surface area contributed by atoms with Crippen molar-refractivity contribution in [3.8, 4) is 0 Å². The highest BCUT2D eigenvalue weighted by molar-refractivity contribution is 5.21. The Bertz CT molecular complexity index is 418. The Balaban J connectivity index is 2.87. The molecule has 114 valence electrons. The number of hydrogen-bond acceptors (Lipinski definition) is 2. The van der Waals surface area contributed by atoms with E-state index in [2.05, 4.69) is 5.32 Å². The topological polar surface area (TPSA) is 15.3 Å². The molecule has 0 radical (unpaired) electrons. The average Bonchev–Trinajstić information content (AvgIpc) is 2.34. The fourth-order valence-corrected chi connectivity index (χ4v) is 2.03. The van der Waals surface area contributed by atoms with Crippen LogP contribution in [0.25, 0.3) is 0 Å². The first-order chi connectivity index (χ1) is 9.24. The summed E-state index contributed by atoms with van der Waals surface area (Å²) in [5.74, 6) is -0.414. The minimum Gasteiger partial charge on any atom is -0.312 e. The largest absolute Gasteiger partial charge is 0.401 e. The van der Waals surface area contributed by atoms with Crippen molar-refractivity contribution in [1.82, 2.24) is 10.2 Å². The van der Waals surface area contributed by atoms with Gasteiger partial charge >= 0.3 is 6.18 Å². The standard InChI is InChI=1S/C14H20F4N2/c1-10(2)20(9-14(16,17)18)8-13(19-3)11-6-4-5-7-12(11)15/h4-7,10,13,19H,8-9H2,1-3H3. The molecule has 1 atom stereocenters. The summed E-state index contributed by atoms with van der Waals surface area (Å²) in [4.78, 5) is 1.29. The molecule has 0 bridgehead atoms. The zero-order chi connectivity index (χ0) is 15.3. The minimum absolute atomic E-state index is 0.0919. The minimum atomic E-state index is -4.27. The molecule has 1 aromatic carbocycles. The van der Waals surface area contributed by atoms with E-state index >= 15 is 0 Å². The van der Waals surface area contributed by atoms with E-state index in [4.69, 9.17) is 0 Å². The van der Waals surface area contributed by atoms with Crippen LogP contribution >= 0.6 is 0 Å². The number of hydrogen-bond donors (Lipinski definition) is 1. The first kappa shape index (κ1) is 16.9. The number of nitrogens with zero attached hydrogens (tertiary/aromatic N) is 1. The van der Waals surface area contributed by atoms with Gasteiger partial charge in [-0.3, -0.25) is 4.90 Å². The van der Waals surface area contributed by atoms with Crippen LogP contribution in [0.2, 0.25) is 0 Å².